The Morgan fingerprint density at radius 1 is 0.913 bits per heavy atom. The van der Waals surface area contributed by atoms with Gasteiger partial charge < -0.3 is 0 Å². The zero-order valence-corrected chi connectivity index (χ0v) is 12.2. The Bertz CT molecular complexity index is 531. The van der Waals surface area contributed by atoms with E-state index in [1.807, 2.05) is 0 Å². The van der Waals surface area contributed by atoms with Crippen molar-refractivity contribution in [2.45, 2.75) is 38.0 Å². The molecule has 0 amide bonds. The summed E-state index contributed by atoms with van der Waals surface area (Å²) in [5.41, 5.74) is -4.62. The molecule has 0 N–H and O–H groups in total. The van der Waals surface area contributed by atoms with Gasteiger partial charge in [0.2, 0.25) is 0 Å². The molecule has 1 aromatic rings. The van der Waals surface area contributed by atoms with Crippen LogP contribution in [0, 0.1) is 5.66 Å². The average molecular weight is 349 g/mol. The molecule has 1 nitrogen and oxygen atoms in total. The van der Waals surface area contributed by atoms with Gasteiger partial charge in [-0.1, -0.05) is 18.9 Å². The summed E-state index contributed by atoms with van der Waals surface area (Å²) < 4.78 is 77.8. The summed E-state index contributed by atoms with van der Waals surface area (Å²) in [5, 5.41) is 0. The van der Waals surface area contributed by atoms with Gasteiger partial charge in [0.15, 0.2) is 5.52 Å². The monoisotopic (exact) mass is 349 g/mol. The second-order valence-corrected chi connectivity index (χ2v) is 6.40. The van der Waals surface area contributed by atoms with Crippen LogP contribution in [0.1, 0.15) is 47.2 Å². The Morgan fingerprint density at radius 2 is 1.35 bits per heavy atom. The third-order valence-corrected chi connectivity index (χ3v) is 4.73. The molecule has 1 fully saturated rings. The molecule has 1 aliphatic rings. The molecule has 1 aromatic carbocycles. The first-order chi connectivity index (χ1) is 10.1. The van der Waals surface area contributed by atoms with Crippen LogP contribution in [0.25, 0.3) is 0 Å². The summed E-state index contributed by atoms with van der Waals surface area (Å²) >= 11 is 0. The summed E-state index contributed by atoms with van der Waals surface area (Å²) in [6, 6.07) is 1.72. The van der Waals surface area contributed by atoms with Gasteiger partial charge in [-0.25, -0.2) is 0 Å². The molecule has 123 valence electrons. The van der Waals surface area contributed by atoms with E-state index < -0.39 is 43.1 Å². The van der Waals surface area contributed by atoms with E-state index in [-0.39, 0.29) is 18.9 Å². The minimum absolute atomic E-state index is 0. The molecule has 1 atom stereocenters. The van der Waals surface area contributed by atoms with Crippen LogP contribution in [-0.4, -0.2) is 24.4 Å². The summed E-state index contributed by atoms with van der Waals surface area (Å²) in [7, 11) is -0.634. The number of halogens is 6. The van der Waals surface area contributed by atoms with Crippen molar-refractivity contribution in [3.63, 3.8) is 0 Å². The molecular weight excluding hydrogens is 336 g/mol. The van der Waals surface area contributed by atoms with Crippen molar-refractivity contribution in [2.75, 3.05) is 0 Å². The molecule has 9 heteroatoms. The molecule has 0 spiro atoms. The first-order valence-electron chi connectivity index (χ1n) is 6.54. The van der Waals surface area contributed by atoms with E-state index in [1.165, 1.54) is 0 Å². The Balaban J connectivity index is 0.00000264. The number of carbonyl (C=O) groups excluding carboxylic acids is 1. The zero-order valence-electron chi connectivity index (χ0n) is 11.2. The van der Waals surface area contributed by atoms with Crippen LogP contribution in [0.5, 0.6) is 0 Å². The SMILES string of the molecule is O=C(P[C]1CCCC1)c1c(C(F)(F)F)cccc1C(F)(F)F.[LiH]. The predicted octanol–water partition coefficient (Wildman–Crippen LogP) is 5.00. The fraction of sp³-hybridized carbons (Fsp3) is 0.429. The van der Waals surface area contributed by atoms with Gasteiger partial charge in [-0.2, -0.15) is 26.3 Å². The van der Waals surface area contributed by atoms with Crippen molar-refractivity contribution in [3.8, 4) is 0 Å². The summed E-state index contributed by atoms with van der Waals surface area (Å²) in [5.74, 6) is 0. The number of alkyl halides is 6. The van der Waals surface area contributed by atoms with Crippen molar-refractivity contribution in [3.05, 3.63) is 40.5 Å². The van der Waals surface area contributed by atoms with E-state index >= 15 is 0 Å². The summed E-state index contributed by atoms with van der Waals surface area (Å²) in [4.78, 5) is 12.1. The molecular formula is C14H13F6LiOP. The second-order valence-electron chi connectivity index (χ2n) is 4.99. The molecule has 0 heterocycles. The second kappa shape index (κ2) is 7.59. The predicted molar refractivity (Wildman–Crippen MR) is 78.0 cm³/mol. The average Bonchev–Trinajstić information content (AvgIpc) is 2.88. The topological polar surface area (TPSA) is 17.1 Å². The minimum atomic E-state index is -5.00. The molecule has 23 heavy (non-hydrogen) atoms. The maximum atomic E-state index is 13.0. The number of benzene rings is 1. The molecule has 2 rings (SSSR count). The van der Waals surface area contributed by atoms with E-state index in [1.54, 1.807) is 0 Å². The van der Waals surface area contributed by atoms with Crippen molar-refractivity contribution in [2.24, 2.45) is 0 Å². The van der Waals surface area contributed by atoms with E-state index in [0.717, 1.165) is 18.5 Å². The van der Waals surface area contributed by atoms with Crippen LogP contribution in [0.4, 0.5) is 26.3 Å². The van der Waals surface area contributed by atoms with Gasteiger partial charge in [0, 0.05) is 11.2 Å². The number of hydrogen-bond acceptors (Lipinski definition) is 1. The Hall–Kier alpha value is -0.503. The van der Waals surface area contributed by atoms with Gasteiger partial charge in [-0.3, -0.25) is 4.79 Å². The first kappa shape index (κ1) is 20.5. The third-order valence-electron chi connectivity index (χ3n) is 3.40. The van der Waals surface area contributed by atoms with Gasteiger partial charge in [-0.05, 0) is 33.6 Å². The molecule has 0 bridgehead atoms. The van der Waals surface area contributed by atoms with Crippen LogP contribution in [0.2, 0.25) is 0 Å². The summed E-state index contributed by atoms with van der Waals surface area (Å²) in [6.07, 6.45) is -7.17. The molecule has 0 aliphatic heterocycles. The van der Waals surface area contributed by atoms with Crippen LogP contribution in [0.3, 0.4) is 0 Å². The Morgan fingerprint density at radius 3 is 1.74 bits per heavy atom. The fourth-order valence-corrected chi connectivity index (χ4v) is 3.74. The first-order valence-corrected chi connectivity index (χ1v) is 7.54. The Kier molecular flexibility index (Phi) is 6.78. The third kappa shape index (κ3) is 4.98. The van der Waals surface area contributed by atoms with E-state index in [2.05, 4.69) is 0 Å². The molecule has 0 saturated heterocycles. The van der Waals surface area contributed by atoms with E-state index in [9.17, 15) is 31.1 Å². The zero-order chi connectivity index (χ0) is 16.5. The van der Waals surface area contributed by atoms with Gasteiger partial charge in [0.25, 0.3) is 0 Å². The van der Waals surface area contributed by atoms with Crippen molar-refractivity contribution < 1.29 is 31.1 Å². The number of rotatable bonds is 3. The standard InChI is InChI=1S/C14H12F6OP.Li.H/c15-13(16,17)9-6-3-7-10(14(18,19)20)11(9)12(21)22-8-4-1-2-5-8;;/h3,6-7,22H,1-2,4-5H2;;. The molecule has 1 radical (unpaired) electrons. The van der Waals surface area contributed by atoms with E-state index in [0.29, 0.717) is 31.0 Å². The van der Waals surface area contributed by atoms with Crippen LogP contribution in [-0.2, 0) is 12.4 Å². The van der Waals surface area contributed by atoms with Gasteiger partial charge in [0.1, 0.15) is 0 Å². The van der Waals surface area contributed by atoms with Gasteiger partial charge >= 0.3 is 31.2 Å². The van der Waals surface area contributed by atoms with Crippen molar-refractivity contribution in [1.82, 2.24) is 0 Å². The summed E-state index contributed by atoms with van der Waals surface area (Å²) in [6.45, 7) is 0. The normalized spacial score (nSPS) is 16.8. The van der Waals surface area contributed by atoms with Gasteiger partial charge in [0.05, 0.1) is 11.1 Å². The van der Waals surface area contributed by atoms with E-state index in [4.69, 9.17) is 0 Å². The molecule has 1 aliphatic carbocycles. The van der Waals surface area contributed by atoms with Gasteiger partial charge in [-0.15, -0.1) is 0 Å². The van der Waals surface area contributed by atoms with Crippen LogP contribution < -0.4 is 0 Å². The number of hydrogen-bond donors (Lipinski definition) is 0. The molecule has 1 unspecified atom stereocenters. The van der Waals surface area contributed by atoms with Crippen molar-refractivity contribution in [1.29, 1.82) is 0 Å². The molecule has 0 aromatic heterocycles. The maximum absolute atomic E-state index is 13.0. The molecule has 1 saturated carbocycles. The van der Waals surface area contributed by atoms with Crippen molar-refractivity contribution >= 4 is 33.0 Å². The van der Waals surface area contributed by atoms with Crippen LogP contribution >= 0.6 is 8.58 Å². The Labute approximate surface area is 143 Å². The van der Waals surface area contributed by atoms with Crippen LogP contribution in [0.15, 0.2) is 18.2 Å². The fourth-order valence-electron chi connectivity index (χ4n) is 2.42. The quantitative estimate of drug-likeness (QED) is 0.426. The number of carbonyl (C=O) groups is 1.